The van der Waals surface area contributed by atoms with Crippen molar-refractivity contribution < 1.29 is 27.4 Å². The number of fused-ring (bicyclic) bond motifs is 1. The highest BCUT2D eigenvalue weighted by molar-refractivity contribution is 5.91. The second kappa shape index (κ2) is 9.37. The number of hydrogen-bond donors (Lipinski definition) is 1. The topological polar surface area (TPSA) is 47.6 Å². The van der Waals surface area contributed by atoms with Crippen molar-refractivity contribution in [3.8, 4) is 16.9 Å². The minimum absolute atomic E-state index is 0.127. The van der Waals surface area contributed by atoms with E-state index in [4.69, 9.17) is 9.47 Å². The van der Waals surface area contributed by atoms with Crippen molar-refractivity contribution in [3.63, 3.8) is 0 Å². The fourth-order valence-electron chi connectivity index (χ4n) is 4.61. The van der Waals surface area contributed by atoms with Crippen LogP contribution in [0.2, 0.25) is 0 Å². The van der Waals surface area contributed by atoms with E-state index in [0.717, 1.165) is 34.5 Å². The number of allylic oxidation sites excluding steroid dienone is 1. The van der Waals surface area contributed by atoms with Gasteiger partial charge in [-0.3, -0.25) is 0 Å². The Hall–Kier alpha value is -3.74. The van der Waals surface area contributed by atoms with E-state index in [0.29, 0.717) is 22.4 Å². The Morgan fingerprint density at radius 3 is 2.31 bits per heavy atom. The summed E-state index contributed by atoms with van der Waals surface area (Å²) in [5, 5.41) is 3.45. The lowest BCUT2D eigenvalue weighted by Crippen LogP contribution is -2.32. The molecule has 1 aliphatic heterocycles. The number of ether oxygens (including phenoxy) is 2. The molecule has 0 atom stereocenters. The van der Waals surface area contributed by atoms with Crippen molar-refractivity contribution in [3.05, 3.63) is 88.5 Å². The molecule has 3 aromatic rings. The van der Waals surface area contributed by atoms with Crippen LogP contribution in [0.5, 0.6) is 5.75 Å². The fourth-order valence-corrected chi connectivity index (χ4v) is 4.61. The predicted octanol–water partition coefficient (Wildman–Crippen LogP) is 7.65. The molecular formula is C29H28F3NO3. The largest absolute Gasteiger partial charge is 0.496 e. The summed E-state index contributed by atoms with van der Waals surface area (Å²) in [7, 11) is 1.41. The first kappa shape index (κ1) is 25.4. The Morgan fingerprint density at radius 2 is 1.67 bits per heavy atom. The van der Waals surface area contributed by atoms with Gasteiger partial charge in [0.25, 0.3) is 0 Å². The van der Waals surface area contributed by atoms with Gasteiger partial charge in [0.05, 0.1) is 23.8 Å². The number of methoxy groups -OCH3 is 1. The van der Waals surface area contributed by atoms with Crippen LogP contribution in [0.15, 0.2) is 60.7 Å². The Bertz CT molecular complexity index is 1340. The van der Waals surface area contributed by atoms with E-state index in [-0.39, 0.29) is 17.7 Å². The number of rotatable bonds is 5. The molecule has 1 heterocycles. The summed E-state index contributed by atoms with van der Waals surface area (Å²) in [6, 6.07) is 14.0. The van der Waals surface area contributed by atoms with E-state index in [1.54, 1.807) is 18.2 Å². The van der Waals surface area contributed by atoms with Gasteiger partial charge < -0.3 is 14.8 Å². The van der Waals surface area contributed by atoms with Crippen LogP contribution in [0, 0.1) is 6.92 Å². The van der Waals surface area contributed by atoms with Gasteiger partial charge in [-0.2, -0.15) is 13.2 Å². The Morgan fingerprint density at radius 1 is 0.972 bits per heavy atom. The molecule has 0 amide bonds. The molecule has 0 aromatic heterocycles. The first-order chi connectivity index (χ1) is 16.9. The zero-order chi connectivity index (χ0) is 26.3. The summed E-state index contributed by atoms with van der Waals surface area (Å²) >= 11 is 0. The molecule has 0 saturated heterocycles. The highest BCUT2D eigenvalue weighted by atomic mass is 19.4. The number of nitrogens with one attached hydrogen (secondary N) is 1. The molecule has 1 N–H and O–H groups in total. The van der Waals surface area contributed by atoms with Crippen LogP contribution in [0.4, 0.5) is 18.9 Å². The third kappa shape index (κ3) is 5.10. The number of halogens is 3. The average molecular weight is 496 g/mol. The van der Waals surface area contributed by atoms with Crippen LogP contribution in [0.25, 0.3) is 16.7 Å². The standard InChI is InChI=1S/C29H28F3NO3/c1-17-6-8-19(9-7-17)27(34)36-16-23-21(11-12-24-26(23)18(2)15-28(3,4)33-24)22-14-20(29(30,31)32)10-13-25(22)35-5/h6-15,33H,16H2,1-5H3. The summed E-state index contributed by atoms with van der Waals surface area (Å²) in [6.07, 6.45) is -2.47. The van der Waals surface area contributed by atoms with E-state index in [9.17, 15) is 18.0 Å². The molecule has 4 nitrogen and oxygen atoms in total. The molecule has 36 heavy (non-hydrogen) atoms. The SMILES string of the molecule is COc1ccc(C(F)(F)F)cc1-c1ccc2c(c1COC(=O)c1ccc(C)cc1)C(C)=CC(C)(C)N2. The molecule has 3 aromatic carbocycles. The van der Waals surface area contributed by atoms with E-state index in [1.165, 1.54) is 13.2 Å². The maximum Gasteiger partial charge on any atom is 0.416 e. The van der Waals surface area contributed by atoms with Gasteiger partial charge in [-0.25, -0.2) is 4.79 Å². The van der Waals surface area contributed by atoms with Crippen molar-refractivity contribution in [1.29, 1.82) is 0 Å². The lowest BCUT2D eigenvalue weighted by atomic mass is 9.85. The first-order valence-corrected chi connectivity index (χ1v) is 11.5. The minimum atomic E-state index is -4.52. The van der Waals surface area contributed by atoms with Crippen LogP contribution in [-0.2, 0) is 17.5 Å². The van der Waals surface area contributed by atoms with Crippen molar-refractivity contribution in [2.45, 2.75) is 46.0 Å². The summed E-state index contributed by atoms with van der Waals surface area (Å²) in [5.74, 6) is -0.222. The summed E-state index contributed by atoms with van der Waals surface area (Å²) < 4.78 is 51.9. The lowest BCUT2D eigenvalue weighted by Gasteiger charge is -2.33. The molecule has 0 bridgehead atoms. The Balaban J connectivity index is 1.86. The van der Waals surface area contributed by atoms with Crippen LogP contribution in [-0.4, -0.2) is 18.6 Å². The molecule has 0 spiro atoms. The van der Waals surface area contributed by atoms with Gasteiger partial charge in [-0.15, -0.1) is 0 Å². The van der Waals surface area contributed by atoms with Gasteiger partial charge in [0.15, 0.2) is 0 Å². The van der Waals surface area contributed by atoms with Gasteiger partial charge in [-0.05, 0) is 75.2 Å². The molecule has 0 fully saturated rings. The van der Waals surface area contributed by atoms with Crippen LogP contribution in [0.1, 0.15) is 53.4 Å². The molecule has 1 aliphatic rings. The molecule has 7 heteroatoms. The summed E-state index contributed by atoms with van der Waals surface area (Å²) in [4.78, 5) is 12.8. The van der Waals surface area contributed by atoms with Crippen molar-refractivity contribution >= 4 is 17.2 Å². The number of carbonyl (C=O) groups excluding carboxylic acids is 1. The molecular weight excluding hydrogens is 467 g/mol. The second-order valence-electron chi connectivity index (χ2n) is 9.54. The number of alkyl halides is 3. The van der Waals surface area contributed by atoms with Crippen LogP contribution in [0.3, 0.4) is 0 Å². The Kier molecular flexibility index (Phi) is 6.60. The zero-order valence-electron chi connectivity index (χ0n) is 20.8. The monoisotopic (exact) mass is 495 g/mol. The van der Waals surface area contributed by atoms with Gasteiger partial charge in [-0.1, -0.05) is 29.8 Å². The minimum Gasteiger partial charge on any atom is -0.496 e. The van der Waals surface area contributed by atoms with E-state index < -0.39 is 17.7 Å². The number of anilines is 1. The van der Waals surface area contributed by atoms with Crippen LogP contribution < -0.4 is 10.1 Å². The molecule has 0 unspecified atom stereocenters. The normalized spacial score (nSPS) is 14.4. The molecule has 0 aliphatic carbocycles. The van der Waals surface area contributed by atoms with Crippen LogP contribution >= 0.6 is 0 Å². The first-order valence-electron chi connectivity index (χ1n) is 11.5. The van der Waals surface area contributed by atoms with Gasteiger partial charge in [0, 0.05) is 22.4 Å². The van der Waals surface area contributed by atoms with E-state index >= 15 is 0 Å². The second-order valence-corrected chi connectivity index (χ2v) is 9.54. The van der Waals surface area contributed by atoms with Gasteiger partial charge in [0.2, 0.25) is 0 Å². The highest BCUT2D eigenvalue weighted by Gasteiger charge is 2.32. The number of carbonyl (C=O) groups is 1. The summed E-state index contributed by atoms with van der Waals surface area (Å²) in [5.41, 5.74) is 4.22. The van der Waals surface area contributed by atoms with Crippen molar-refractivity contribution in [2.75, 3.05) is 12.4 Å². The van der Waals surface area contributed by atoms with E-state index in [1.807, 2.05) is 52.0 Å². The molecule has 4 rings (SSSR count). The highest BCUT2D eigenvalue weighted by Crippen LogP contribution is 2.44. The molecule has 0 saturated carbocycles. The third-order valence-electron chi connectivity index (χ3n) is 6.19. The maximum absolute atomic E-state index is 13.6. The average Bonchev–Trinajstić information content (AvgIpc) is 2.80. The number of esters is 1. The lowest BCUT2D eigenvalue weighted by molar-refractivity contribution is -0.137. The van der Waals surface area contributed by atoms with Crippen molar-refractivity contribution in [2.24, 2.45) is 0 Å². The molecule has 188 valence electrons. The van der Waals surface area contributed by atoms with Gasteiger partial charge in [0.1, 0.15) is 12.4 Å². The summed E-state index contributed by atoms with van der Waals surface area (Å²) in [6.45, 7) is 7.79. The number of benzene rings is 3. The van der Waals surface area contributed by atoms with Gasteiger partial charge >= 0.3 is 12.1 Å². The number of aryl methyl sites for hydroxylation is 1. The van der Waals surface area contributed by atoms with E-state index in [2.05, 4.69) is 5.32 Å². The Labute approximate surface area is 208 Å². The third-order valence-corrected chi connectivity index (χ3v) is 6.19. The fraction of sp³-hybridized carbons (Fsp3) is 0.276. The predicted molar refractivity (Wildman–Crippen MR) is 135 cm³/mol. The number of hydrogen-bond acceptors (Lipinski definition) is 4. The van der Waals surface area contributed by atoms with Crippen molar-refractivity contribution in [1.82, 2.24) is 0 Å². The quantitative estimate of drug-likeness (QED) is 0.369. The zero-order valence-corrected chi connectivity index (χ0v) is 20.8. The molecule has 0 radical (unpaired) electrons. The maximum atomic E-state index is 13.6. The smallest absolute Gasteiger partial charge is 0.416 e.